The fourth-order valence-corrected chi connectivity index (χ4v) is 2.28. The molecule has 0 fully saturated rings. The summed E-state index contributed by atoms with van der Waals surface area (Å²) in [4.78, 5) is 23.4. The van der Waals surface area contributed by atoms with E-state index in [9.17, 15) is 14.7 Å². The molecule has 0 bridgehead atoms. The number of nitrogens with one attached hydrogen (secondary N) is 1. The van der Waals surface area contributed by atoms with Crippen LogP contribution in [0.4, 0.5) is 4.79 Å². The van der Waals surface area contributed by atoms with Crippen LogP contribution in [-0.2, 0) is 16.0 Å². The number of para-hydroxylation sites is 1. The first-order valence-electron chi connectivity index (χ1n) is 7.86. The highest BCUT2D eigenvalue weighted by atomic mass is 16.6. The Labute approximate surface area is 140 Å². The van der Waals surface area contributed by atoms with Gasteiger partial charge in [-0.15, -0.1) is 0 Å². The van der Waals surface area contributed by atoms with Gasteiger partial charge in [0.15, 0.2) is 11.5 Å². The number of carbonyl (C=O) groups excluding carboxylic acids is 1. The molecule has 1 heterocycles. The van der Waals surface area contributed by atoms with Crippen LogP contribution in [0.25, 0.3) is 0 Å². The van der Waals surface area contributed by atoms with E-state index in [1.165, 1.54) is 0 Å². The van der Waals surface area contributed by atoms with Crippen molar-refractivity contribution >= 4 is 12.1 Å². The van der Waals surface area contributed by atoms with Crippen LogP contribution >= 0.6 is 0 Å². The van der Waals surface area contributed by atoms with E-state index in [0.717, 1.165) is 6.42 Å². The Morgan fingerprint density at radius 3 is 2.67 bits per heavy atom. The molecule has 2 N–H and O–H groups in total. The van der Waals surface area contributed by atoms with Gasteiger partial charge < -0.3 is 24.6 Å². The number of benzene rings is 1. The molecule has 0 aliphatic carbocycles. The van der Waals surface area contributed by atoms with Gasteiger partial charge in [0, 0.05) is 18.4 Å². The second-order valence-corrected chi connectivity index (χ2v) is 6.54. The average molecular weight is 337 g/mol. The third kappa shape index (κ3) is 5.04. The van der Waals surface area contributed by atoms with E-state index in [0.29, 0.717) is 30.3 Å². The molecule has 0 saturated carbocycles. The number of aliphatic carboxylic acids is 1. The van der Waals surface area contributed by atoms with E-state index < -0.39 is 23.7 Å². The SMILES string of the molecule is CC(C)(C)OC(=O)NC(Cc1cccc2c1OCCCO2)C(=O)O. The van der Waals surface area contributed by atoms with E-state index in [2.05, 4.69) is 5.32 Å². The molecular weight excluding hydrogens is 314 g/mol. The van der Waals surface area contributed by atoms with Gasteiger partial charge in [-0.2, -0.15) is 0 Å². The van der Waals surface area contributed by atoms with Crippen LogP contribution < -0.4 is 14.8 Å². The Kier molecular flexibility index (Phi) is 5.54. The summed E-state index contributed by atoms with van der Waals surface area (Å²) < 4.78 is 16.4. The van der Waals surface area contributed by atoms with Gasteiger partial charge in [0.05, 0.1) is 13.2 Å². The number of hydrogen-bond donors (Lipinski definition) is 2. The Morgan fingerprint density at radius 2 is 2.00 bits per heavy atom. The highest BCUT2D eigenvalue weighted by Gasteiger charge is 2.26. The third-order valence-corrected chi connectivity index (χ3v) is 3.27. The standard InChI is InChI=1S/C17H23NO6/c1-17(2,3)24-16(21)18-12(15(19)20)10-11-6-4-7-13-14(11)23-9-5-8-22-13/h4,6-7,12H,5,8-10H2,1-3H3,(H,18,21)(H,19,20). The fraction of sp³-hybridized carbons (Fsp3) is 0.529. The topological polar surface area (TPSA) is 94.1 Å². The summed E-state index contributed by atoms with van der Waals surface area (Å²) in [5.74, 6) is -0.0216. The van der Waals surface area contributed by atoms with Gasteiger partial charge in [-0.25, -0.2) is 9.59 Å². The summed E-state index contributed by atoms with van der Waals surface area (Å²) in [5.41, 5.74) is -0.0358. The maximum absolute atomic E-state index is 11.9. The molecular formula is C17H23NO6. The first kappa shape index (κ1) is 17.9. The molecule has 7 nitrogen and oxygen atoms in total. The maximum atomic E-state index is 11.9. The van der Waals surface area contributed by atoms with Crippen molar-refractivity contribution < 1.29 is 28.9 Å². The van der Waals surface area contributed by atoms with Crippen LogP contribution in [0.5, 0.6) is 11.5 Å². The lowest BCUT2D eigenvalue weighted by Gasteiger charge is -2.22. The molecule has 24 heavy (non-hydrogen) atoms. The van der Waals surface area contributed by atoms with Crippen LogP contribution in [-0.4, -0.2) is 42.0 Å². The van der Waals surface area contributed by atoms with Crippen LogP contribution in [0, 0.1) is 0 Å². The van der Waals surface area contributed by atoms with Gasteiger partial charge in [-0.05, 0) is 26.8 Å². The number of rotatable bonds is 4. The maximum Gasteiger partial charge on any atom is 0.408 e. The van der Waals surface area contributed by atoms with Crippen LogP contribution in [0.3, 0.4) is 0 Å². The predicted molar refractivity (Wildman–Crippen MR) is 86.5 cm³/mol. The zero-order chi connectivity index (χ0) is 17.7. The summed E-state index contributed by atoms with van der Waals surface area (Å²) in [6.45, 7) is 6.19. The highest BCUT2D eigenvalue weighted by molar-refractivity contribution is 5.80. The first-order chi connectivity index (χ1) is 11.3. The largest absolute Gasteiger partial charge is 0.490 e. The first-order valence-corrected chi connectivity index (χ1v) is 7.86. The smallest absolute Gasteiger partial charge is 0.408 e. The highest BCUT2D eigenvalue weighted by Crippen LogP contribution is 2.33. The molecule has 1 aromatic rings. The van der Waals surface area contributed by atoms with Gasteiger partial charge in [0.1, 0.15) is 11.6 Å². The predicted octanol–water partition coefficient (Wildman–Crippen LogP) is 2.37. The summed E-state index contributed by atoms with van der Waals surface area (Å²) in [6, 6.07) is 4.19. The molecule has 132 valence electrons. The Morgan fingerprint density at radius 1 is 1.29 bits per heavy atom. The molecule has 7 heteroatoms. The minimum Gasteiger partial charge on any atom is -0.490 e. The van der Waals surface area contributed by atoms with E-state index >= 15 is 0 Å². The van der Waals surface area contributed by atoms with E-state index in [4.69, 9.17) is 14.2 Å². The van der Waals surface area contributed by atoms with Gasteiger partial charge in [-0.3, -0.25) is 0 Å². The third-order valence-electron chi connectivity index (χ3n) is 3.27. The minimum absolute atomic E-state index is 0.0705. The summed E-state index contributed by atoms with van der Waals surface area (Å²) in [5, 5.41) is 11.8. The fourth-order valence-electron chi connectivity index (χ4n) is 2.28. The Hall–Kier alpha value is -2.44. The van der Waals surface area contributed by atoms with E-state index in [1.807, 2.05) is 0 Å². The van der Waals surface area contributed by atoms with Crippen molar-refractivity contribution in [1.29, 1.82) is 0 Å². The molecule has 1 amide bonds. The Bertz CT molecular complexity index is 608. The van der Waals surface area contributed by atoms with Crippen molar-refractivity contribution in [3.8, 4) is 11.5 Å². The van der Waals surface area contributed by atoms with Gasteiger partial charge in [0.2, 0.25) is 0 Å². The number of fused-ring (bicyclic) bond motifs is 1. The van der Waals surface area contributed by atoms with E-state index in [1.54, 1.807) is 39.0 Å². The van der Waals surface area contributed by atoms with Crippen molar-refractivity contribution in [2.45, 2.75) is 45.3 Å². The average Bonchev–Trinajstić information content (AvgIpc) is 2.70. The molecule has 0 spiro atoms. The summed E-state index contributed by atoms with van der Waals surface area (Å²) in [6.07, 6.45) is 0.0578. The van der Waals surface area contributed by atoms with E-state index in [-0.39, 0.29) is 6.42 Å². The van der Waals surface area contributed by atoms with Crippen LogP contribution in [0.1, 0.15) is 32.8 Å². The van der Waals surface area contributed by atoms with Gasteiger partial charge in [0.25, 0.3) is 0 Å². The molecule has 1 aromatic carbocycles. The quantitative estimate of drug-likeness (QED) is 0.876. The van der Waals surface area contributed by atoms with Crippen molar-refractivity contribution in [1.82, 2.24) is 5.32 Å². The molecule has 0 saturated heterocycles. The molecule has 1 unspecified atom stereocenters. The second kappa shape index (κ2) is 7.42. The van der Waals surface area contributed by atoms with Crippen LogP contribution in [0.2, 0.25) is 0 Å². The monoisotopic (exact) mass is 337 g/mol. The summed E-state index contributed by atoms with van der Waals surface area (Å²) in [7, 11) is 0. The molecule has 0 radical (unpaired) electrons. The van der Waals surface area contributed by atoms with Crippen molar-refractivity contribution in [3.05, 3.63) is 23.8 Å². The zero-order valence-corrected chi connectivity index (χ0v) is 14.1. The number of alkyl carbamates (subject to hydrolysis) is 1. The number of ether oxygens (including phenoxy) is 3. The number of carboxylic acid groups (broad SMARTS) is 1. The van der Waals surface area contributed by atoms with Gasteiger partial charge >= 0.3 is 12.1 Å². The van der Waals surface area contributed by atoms with Crippen molar-refractivity contribution in [2.75, 3.05) is 13.2 Å². The lowest BCUT2D eigenvalue weighted by molar-refractivity contribution is -0.139. The number of amides is 1. The zero-order valence-electron chi connectivity index (χ0n) is 14.1. The minimum atomic E-state index is -1.15. The normalized spacial score (nSPS) is 15.1. The lowest BCUT2D eigenvalue weighted by Crippen LogP contribution is -2.44. The second-order valence-electron chi connectivity index (χ2n) is 6.54. The van der Waals surface area contributed by atoms with Crippen LogP contribution in [0.15, 0.2) is 18.2 Å². The molecule has 1 aliphatic heterocycles. The molecule has 0 aromatic heterocycles. The van der Waals surface area contributed by atoms with Crippen molar-refractivity contribution in [2.24, 2.45) is 0 Å². The van der Waals surface area contributed by atoms with Gasteiger partial charge in [-0.1, -0.05) is 12.1 Å². The van der Waals surface area contributed by atoms with Crippen molar-refractivity contribution in [3.63, 3.8) is 0 Å². The molecule has 2 rings (SSSR count). The molecule has 1 aliphatic rings. The number of carbonyl (C=O) groups is 2. The number of hydrogen-bond acceptors (Lipinski definition) is 5. The lowest BCUT2D eigenvalue weighted by atomic mass is 10.0. The molecule has 1 atom stereocenters. The summed E-state index contributed by atoms with van der Waals surface area (Å²) >= 11 is 0. The Balaban J connectivity index is 2.14. The number of carboxylic acids is 1.